The lowest BCUT2D eigenvalue weighted by Crippen LogP contribution is -2.03. The van der Waals surface area contributed by atoms with Crippen LogP contribution in [0.3, 0.4) is 0 Å². The van der Waals surface area contributed by atoms with Crippen molar-refractivity contribution in [2.24, 2.45) is 0 Å². The van der Waals surface area contributed by atoms with Gasteiger partial charge in [0.25, 0.3) is 5.89 Å². The van der Waals surface area contributed by atoms with Gasteiger partial charge in [-0.1, -0.05) is 25.1 Å². The smallest absolute Gasteiger partial charge is 0.263 e. The van der Waals surface area contributed by atoms with E-state index < -0.39 is 0 Å². The van der Waals surface area contributed by atoms with Crippen molar-refractivity contribution in [3.63, 3.8) is 0 Å². The van der Waals surface area contributed by atoms with Crippen LogP contribution in [-0.2, 0) is 12.3 Å². The van der Waals surface area contributed by atoms with Crippen molar-refractivity contribution >= 4 is 11.8 Å². The van der Waals surface area contributed by atoms with E-state index in [1.807, 2.05) is 43.3 Å². The van der Waals surface area contributed by atoms with Gasteiger partial charge in [0.1, 0.15) is 11.5 Å². The maximum Gasteiger partial charge on any atom is 0.263 e. The van der Waals surface area contributed by atoms with Crippen LogP contribution in [-0.4, -0.2) is 26.9 Å². The highest BCUT2D eigenvalue weighted by atomic mass is 32.2. The number of oxazole rings is 1. The van der Waals surface area contributed by atoms with Crippen LogP contribution in [0.2, 0.25) is 0 Å². The molecule has 8 heteroatoms. The second-order valence-electron chi connectivity index (χ2n) is 6.83. The molecule has 4 rings (SSSR count). The molecular formula is C22H24N4O3S. The molecule has 4 aromatic rings. The van der Waals surface area contributed by atoms with E-state index in [0.717, 1.165) is 53.1 Å². The van der Waals surface area contributed by atoms with Crippen LogP contribution in [0.25, 0.3) is 23.0 Å². The highest BCUT2D eigenvalue weighted by molar-refractivity contribution is 7.98. The summed E-state index contributed by atoms with van der Waals surface area (Å²) < 4.78 is 18.6. The Labute approximate surface area is 179 Å². The molecule has 3 heterocycles. The second-order valence-corrected chi connectivity index (χ2v) is 7.77. The maximum atomic E-state index is 5.77. The first-order valence-electron chi connectivity index (χ1n) is 9.90. The first-order valence-corrected chi connectivity index (χ1v) is 10.9. The molecule has 0 spiro atoms. The minimum atomic E-state index is 0.500. The molecule has 0 saturated carbocycles. The molecule has 0 saturated heterocycles. The van der Waals surface area contributed by atoms with Crippen molar-refractivity contribution in [2.75, 3.05) is 7.11 Å². The van der Waals surface area contributed by atoms with Crippen molar-refractivity contribution < 1.29 is 13.6 Å². The number of hydrogen-bond acceptors (Lipinski definition) is 7. The Morgan fingerprint density at radius 2 is 1.97 bits per heavy atom. The first kappa shape index (κ1) is 20.3. The lowest BCUT2D eigenvalue weighted by Gasteiger charge is -2.10. The van der Waals surface area contributed by atoms with Crippen molar-refractivity contribution in [3.8, 4) is 28.8 Å². The van der Waals surface area contributed by atoms with Gasteiger partial charge in [-0.2, -0.15) is 0 Å². The van der Waals surface area contributed by atoms with Crippen LogP contribution in [0.4, 0.5) is 0 Å². The number of benzene rings is 1. The molecule has 0 radical (unpaired) electrons. The molecule has 0 aliphatic rings. The molecule has 7 nitrogen and oxygen atoms in total. The SMILES string of the molecule is CCCCn1c(SCc2nc(-c3ccco3)oc2C)nnc1-c1ccc(OC)cc1. The van der Waals surface area contributed by atoms with Crippen molar-refractivity contribution in [1.29, 1.82) is 0 Å². The number of rotatable bonds is 9. The van der Waals surface area contributed by atoms with Gasteiger partial charge in [-0.15, -0.1) is 10.2 Å². The van der Waals surface area contributed by atoms with E-state index >= 15 is 0 Å². The second kappa shape index (κ2) is 9.21. The Bertz CT molecular complexity index is 1080. The number of thioether (sulfide) groups is 1. The molecule has 0 atom stereocenters. The van der Waals surface area contributed by atoms with Gasteiger partial charge in [-0.05, 0) is 49.7 Å². The summed E-state index contributed by atoms with van der Waals surface area (Å²) in [6.07, 6.45) is 3.76. The standard InChI is InChI=1S/C22H24N4O3S/c1-4-5-12-26-20(16-8-10-17(27-3)11-9-16)24-25-22(26)30-14-18-15(2)29-21(23-18)19-7-6-13-28-19/h6-11,13H,4-5,12,14H2,1-3H3. The topological polar surface area (TPSA) is 79.1 Å². The zero-order valence-electron chi connectivity index (χ0n) is 17.3. The molecule has 0 aliphatic heterocycles. The van der Waals surface area contributed by atoms with Gasteiger partial charge in [0.05, 0.1) is 19.1 Å². The van der Waals surface area contributed by atoms with E-state index in [-0.39, 0.29) is 0 Å². The average molecular weight is 425 g/mol. The van der Waals surface area contributed by atoms with E-state index in [2.05, 4.69) is 26.7 Å². The summed E-state index contributed by atoms with van der Waals surface area (Å²) in [5.41, 5.74) is 1.89. The number of methoxy groups -OCH3 is 1. The molecule has 3 aromatic heterocycles. The van der Waals surface area contributed by atoms with E-state index in [0.29, 0.717) is 17.4 Å². The number of aromatic nitrogens is 4. The predicted molar refractivity (Wildman–Crippen MR) is 115 cm³/mol. The van der Waals surface area contributed by atoms with Gasteiger partial charge in [0.2, 0.25) is 0 Å². The summed E-state index contributed by atoms with van der Waals surface area (Å²) in [5, 5.41) is 9.80. The highest BCUT2D eigenvalue weighted by Crippen LogP contribution is 2.30. The fourth-order valence-electron chi connectivity index (χ4n) is 3.07. The van der Waals surface area contributed by atoms with E-state index in [1.54, 1.807) is 25.1 Å². The number of nitrogens with zero attached hydrogens (tertiary/aromatic N) is 4. The van der Waals surface area contributed by atoms with E-state index in [1.165, 1.54) is 0 Å². The molecule has 30 heavy (non-hydrogen) atoms. The summed E-state index contributed by atoms with van der Waals surface area (Å²) in [6, 6.07) is 11.6. The summed E-state index contributed by atoms with van der Waals surface area (Å²) in [6.45, 7) is 4.96. The number of ether oxygens (including phenoxy) is 1. The number of unbranched alkanes of at least 4 members (excludes halogenated alkanes) is 1. The molecule has 156 valence electrons. The third-order valence-corrected chi connectivity index (χ3v) is 5.74. The van der Waals surface area contributed by atoms with Gasteiger partial charge in [0.15, 0.2) is 16.7 Å². The van der Waals surface area contributed by atoms with Crippen molar-refractivity contribution in [3.05, 3.63) is 54.1 Å². The monoisotopic (exact) mass is 424 g/mol. The van der Waals surface area contributed by atoms with Gasteiger partial charge in [-0.25, -0.2) is 4.98 Å². The van der Waals surface area contributed by atoms with E-state index in [9.17, 15) is 0 Å². The summed E-state index contributed by atoms with van der Waals surface area (Å²) >= 11 is 1.61. The fraction of sp³-hybridized carbons (Fsp3) is 0.318. The summed E-state index contributed by atoms with van der Waals surface area (Å²) in [4.78, 5) is 4.59. The third kappa shape index (κ3) is 4.28. The zero-order valence-corrected chi connectivity index (χ0v) is 18.1. The molecule has 0 aliphatic carbocycles. The minimum absolute atomic E-state index is 0.500. The third-order valence-electron chi connectivity index (χ3n) is 4.76. The summed E-state index contributed by atoms with van der Waals surface area (Å²) in [7, 11) is 1.66. The van der Waals surface area contributed by atoms with Crippen molar-refractivity contribution in [2.45, 2.75) is 44.1 Å². The molecule has 1 aromatic carbocycles. The Morgan fingerprint density at radius 3 is 2.67 bits per heavy atom. The van der Waals surface area contributed by atoms with Gasteiger partial charge < -0.3 is 18.1 Å². The Hall–Kier alpha value is -3.00. The quantitative estimate of drug-likeness (QED) is 0.323. The minimum Gasteiger partial charge on any atom is -0.497 e. The number of aryl methyl sites for hydroxylation is 1. The molecule has 0 fully saturated rings. The van der Waals surface area contributed by atoms with Crippen LogP contribution in [0.15, 0.2) is 56.7 Å². The molecule has 0 unspecified atom stereocenters. The Kier molecular flexibility index (Phi) is 6.23. The van der Waals surface area contributed by atoms with Crippen LogP contribution in [0, 0.1) is 6.92 Å². The Balaban J connectivity index is 1.56. The number of hydrogen-bond donors (Lipinski definition) is 0. The van der Waals surface area contributed by atoms with E-state index in [4.69, 9.17) is 13.6 Å². The largest absolute Gasteiger partial charge is 0.497 e. The van der Waals surface area contributed by atoms with Gasteiger partial charge in [-0.3, -0.25) is 0 Å². The first-order chi connectivity index (χ1) is 14.7. The normalized spacial score (nSPS) is 11.2. The lowest BCUT2D eigenvalue weighted by atomic mass is 10.2. The average Bonchev–Trinajstić information content (AvgIpc) is 3.51. The van der Waals surface area contributed by atoms with Crippen LogP contribution >= 0.6 is 11.8 Å². The molecule has 0 amide bonds. The lowest BCUT2D eigenvalue weighted by molar-refractivity contribution is 0.415. The van der Waals surface area contributed by atoms with Gasteiger partial charge in [0, 0.05) is 17.9 Å². The van der Waals surface area contributed by atoms with Crippen LogP contribution in [0.5, 0.6) is 5.75 Å². The number of furan rings is 1. The van der Waals surface area contributed by atoms with Crippen LogP contribution < -0.4 is 4.74 Å². The highest BCUT2D eigenvalue weighted by Gasteiger charge is 2.18. The van der Waals surface area contributed by atoms with Crippen LogP contribution in [0.1, 0.15) is 31.2 Å². The maximum absolute atomic E-state index is 5.77. The summed E-state index contributed by atoms with van der Waals surface area (Å²) in [5.74, 6) is 4.23. The van der Waals surface area contributed by atoms with Crippen molar-refractivity contribution in [1.82, 2.24) is 19.7 Å². The molecular weight excluding hydrogens is 400 g/mol. The predicted octanol–water partition coefficient (Wildman–Crippen LogP) is 5.60. The zero-order chi connectivity index (χ0) is 20.9. The molecule has 0 N–H and O–H groups in total. The Morgan fingerprint density at radius 1 is 1.13 bits per heavy atom. The van der Waals surface area contributed by atoms with Gasteiger partial charge >= 0.3 is 0 Å². The molecule has 0 bridgehead atoms. The fourth-order valence-corrected chi connectivity index (χ4v) is 4.03.